The van der Waals surface area contributed by atoms with Gasteiger partial charge in [0.15, 0.2) is 0 Å². The molecular formula is C13H15N3O. The largest absolute Gasteiger partial charge is 0.323 e. The standard InChI is InChI=1S/C13H15N3O/c1-8-6-7-10-4-3-5-11(12(10)15-8)16-13(17)9(2)14/h3-7,9H,14H2,1-2H3,(H,16,17)/t9-/m0/s1. The zero-order valence-corrected chi connectivity index (χ0v) is 9.90. The van der Waals surface area contributed by atoms with Gasteiger partial charge < -0.3 is 11.1 Å². The highest BCUT2D eigenvalue weighted by molar-refractivity contribution is 6.02. The van der Waals surface area contributed by atoms with E-state index in [-0.39, 0.29) is 5.91 Å². The molecule has 17 heavy (non-hydrogen) atoms. The molecule has 1 amide bonds. The van der Waals surface area contributed by atoms with Crippen molar-refractivity contribution in [3.63, 3.8) is 0 Å². The van der Waals surface area contributed by atoms with Gasteiger partial charge in [-0.3, -0.25) is 9.78 Å². The Balaban J connectivity index is 2.46. The predicted octanol–water partition coefficient (Wildman–Crippen LogP) is 1.83. The first-order chi connectivity index (χ1) is 8.08. The molecule has 1 atom stereocenters. The summed E-state index contributed by atoms with van der Waals surface area (Å²) < 4.78 is 0. The van der Waals surface area contributed by atoms with E-state index in [2.05, 4.69) is 10.3 Å². The number of amides is 1. The second-order valence-corrected chi connectivity index (χ2v) is 4.11. The predicted molar refractivity (Wildman–Crippen MR) is 68.8 cm³/mol. The third kappa shape index (κ3) is 2.42. The summed E-state index contributed by atoms with van der Waals surface area (Å²) in [5.41, 5.74) is 7.94. The van der Waals surface area contributed by atoms with Crippen LogP contribution in [0.1, 0.15) is 12.6 Å². The van der Waals surface area contributed by atoms with Gasteiger partial charge in [-0.25, -0.2) is 0 Å². The van der Waals surface area contributed by atoms with Gasteiger partial charge in [0.05, 0.1) is 17.2 Å². The minimum Gasteiger partial charge on any atom is -0.323 e. The maximum absolute atomic E-state index is 11.6. The molecular weight excluding hydrogens is 214 g/mol. The van der Waals surface area contributed by atoms with Gasteiger partial charge >= 0.3 is 0 Å². The lowest BCUT2D eigenvalue weighted by Crippen LogP contribution is -2.32. The van der Waals surface area contributed by atoms with Gasteiger partial charge in [-0.2, -0.15) is 0 Å². The van der Waals surface area contributed by atoms with Crippen molar-refractivity contribution in [2.45, 2.75) is 19.9 Å². The Morgan fingerprint density at radius 2 is 2.12 bits per heavy atom. The van der Waals surface area contributed by atoms with Crippen LogP contribution in [0.3, 0.4) is 0 Å². The molecule has 0 aliphatic heterocycles. The molecule has 0 aliphatic carbocycles. The lowest BCUT2D eigenvalue weighted by molar-refractivity contribution is -0.117. The number of aromatic nitrogens is 1. The molecule has 2 rings (SSSR count). The summed E-state index contributed by atoms with van der Waals surface area (Å²) in [6.45, 7) is 3.57. The van der Waals surface area contributed by atoms with Crippen molar-refractivity contribution in [2.75, 3.05) is 5.32 Å². The van der Waals surface area contributed by atoms with Gasteiger partial charge in [0.2, 0.25) is 5.91 Å². The van der Waals surface area contributed by atoms with E-state index < -0.39 is 6.04 Å². The maximum Gasteiger partial charge on any atom is 0.241 e. The molecule has 0 bridgehead atoms. The van der Waals surface area contributed by atoms with E-state index in [0.29, 0.717) is 5.69 Å². The first-order valence-corrected chi connectivity index (χ1v) is 5.51. The molecule has 4 heteroatoms. The zero-order chi connectivity index (χ0) is 12.4. The van der Waals surface area contributed by atoms with Crippen LogP contribution in [-0.2, 0) is 4.79 Å². The average molecular weight is 229 g/mol. The minimum atomic E-state index is -0.532. The number of rotatable bonds is 2. The highest BCUT2D eigenvalue weighted by Gasteiger charge is 2.10. The minimum absolute atomic E-state index is 0.208. The number of carbonyl (C=O) groups is 1. The van der Waals surface area contributed by atoms with Crippen molar-refractivity contribution < 1.29 is 4.79 Å². The van der Waals surface area contributed by atoms with Gasteiger partial charge in [-0.05, 0) is 26.0 Å². The second kappa shape index (κ2) is 4.51. The van der Waals surface area contributed by atoms with Crippen LogP contribution in [-0.4, -0.2) is 16.9 Å². The third-order valence-electron chi connectivity index (χ3n) is 2.53. The SMILES string of the molecule is Cc1ccc2cccc(NC(=O)[C@H](C)N)c2n1. The summed E-state index contributed by atoms with van der Waals surface area (Å²) in [4.78, 5) is 16.0. The number of anilines is 1. The van der Waals surface area contributed by atoms with Gasteiger partial charge in [-0.15, -0.1) is 0 Å². The number of nitrogens with one attached hydrogen (secondary N) is 1. The molecule has 0 aliphatic rings. The van der Waals surface area contributed by atoms with Gasteiger partial charge in [0, 0.05) is 11.1 Å². The smallest absolute Gasteiger partial charge is 0.241 e. The number of para-hydroxylation sites is 1. The first kappa shape index (κ1) is 11.5. The van der Waals surface area contributed by atoms with E-state index in [9.17, 15) is 4.79 Å². The van der Waals surface area contributed by atoms with E-state index in [1.165, 1.54) is 0 Å². The van der Waals surface area contributed by atoms with Crippen LogP contribution in [0.4, 0.5) is 5.69 Å². The summed E-state index contributed by atoms with van der Waals surface area (Å²) in [7, 11) is 0. The molecule has 88 valence electrons. The Kier molecular flexibility index (Phi) is 3.06. The fourth-order valence-electron chi connectivity index (χ4n) is 1.59. The fourth-order valence-corrected chi connectivity index (χ4v) is 1.59. The van der Waals surface area contributed by atoms with Crippen molar-refractivity contribution >= 4 is 22.5 Å². The van der Waals surface area contributed by atoms with Crippen molar-refractivity contribution in [3.05, 3.63) is 36.0 Å². The molecule has 0 saturated heterocycles. The molecule has 0 spiro atoms. The molecule has 3 N–H and O–H groups in total. The number of pyridine rings is 1. The number of aryl methyl sites for hydroxylation is 1. The summed E-state index contributed by atoms with van der Waals surface area (Å²) >= 11 is 0. The monoisotopic (exact) mass is 229 g/mol. The van der Waals surface area contributed by atoms with Crippen LogP contribution in [0.15, 0.2) is 30.3 Å². The Morgan fingerprint density at radius 3 is 2.82 bits per heavy atom. The molecule has 0 saturated carbocycles. The van der Waals surface area contributed by atoms with Gasteiger partial charge in [0.25, 0.3) is 0 Å². The van der Waals surface area contributed by atoms with Crippen LogP contribution in [0.2, 0.25) is 0 Å². The molecule has 2 aromatic rings. The quantitative estimate of drug-likeness (QED) is 0.825. The number of nitrogens with two attached hydrogens (primary N) is 1. The number of nitrogens with zero attached hydrogens (tertiary/aromatic N) is 1. The molecule has 0 fully saturated rings. The van der Waals surface area contributed by atoms with Crippen molar-refractivity contribution in [1.29, 1.82) is 0 Å². The van der Waals surface area contributed by atoms with Crippen molar-refractivity contribution in [3.8, 4) is 0 Å². The number of benzene rings is 1. The Morgan fingerprint density at radius 1 is 1.35 bits per heavy atom. The zero-order valence-electron chi connectivity index (χ0n) is 9.90. The maximum atomic E-state index is 11.6. The molecule has 0 unspecified atom stereocenters. The Labute approximate surface area is 99.8 Å². The topological polar surface area (TPSA) is 68.0 Å². The number of hydrogen-bond donors (Lipinski definition) is 2. The van der Waals surface area contributed by atoms with Crippen LogP contribution >= 0.6 is 0 Å². The van der Waals surface area contributed by atoms with E-state index in [1.807, 2.05) is 37.3 Å². The average Bonchev–Trinajstić information content (AvgIpc) is 2.29. The van der Waals surface area contributed by atoms with Gasteiger partial charge in [0.1, 0.15) is 0 Å². The number of fused-ring (bicyclic) bond motifs is 1. The van der Waals surface area contributed by atoms with Crippen LogP contribution in [0.5, 0.6) is 0 Å². The highest BCUT2D eigenvalue weighted by Crippen LogP contribution is 2.21. The lowest BCUT2D eigenvalue weighted by atomic mass is 10.1. The van der Waals surface area contributed by atoms with Crippen LogP contribution < -0.4 is 11.1 Å². The number of carbonyl (C=O) groups excluding carboxylic acids is 1. The van der Waals surface area contributed by atoms with Crippen LogP contribution in [0, 0.1) is 6.92 Å². The normalized spacial score (nSPS) is 12.4. The van der Waals surface area contributed by atoms with Crippen molar-refractivity contribution in [1.82, 2.24) is 4.98 Å². The molecule has 1 aromatic heterocycles. The second-order valence-electron chi connectivity index (χ2n) is 4.11. The fraction of sp³-hybridized carbons (Fsp3) is 0.231. The van der Waals surface area contributed by atoms with E-state index >= 15 is 0 Å². The highest BCUT2D eigenvalue weighted by atomic mass is 16.2. The first-order valence-electron chi connectivity index (χ1n) is 5.51. The lowest BCUT2D eigenvalue weighted by Gasteiger charge is -2.10. The molecule has 1 heterocycles. The van der Waals surface area contributed by atoms with E-state index in [4.69, 9.17) is 5.73 Å². The molecule has 1 aromatic carbocycles. The summed E-state index contributed by atoms with van der Waals surface area (Å²) in [5.74, 6) is -0.208. The van der Waals surface area contributed by atoms with Gasteiger partial charge in [-0.1, -0.05) is 18.2 Å². The summed E-state index contributed by atoms with van der Waals surface area (Å²) in [6, 6.07) is 9.07. The number of hydrogen-bond acceptors (Lipinski definition) is 3. The molecule has 0 radical (unpaired) electrons. The third-order valence-corrected chi connectivity index (χ3v) is 2.53. The van der Waals surface area contributed by atoms with E-state index in [1.54, 1.807) is 6.92 Å². The van der Waals surface area contributed by atoms with E-state index in [0.717, 1.165) is 16.6 Å². The summed E-state index contributed by atoms with van der Waals surface area (Å²) in [6.07, 6.45) is 0. The van der Waals surface area contributed by atoms with Crippen LogP contribution in [0.25, 0.3) is 10.9 Å². The Hall–Kier alpha value is -1.94. The van der Waals surface area contributed by atoms with Crippen molar-refractivity contribution in [2.24, 2.45) is 5.73 Å². The summed E-state index contributed by atoms with van der Waals surface area (Å²) in [5, 5.41) is 3.78. The molecule has 4 nitrogen and oxygen atoms in total. The Bertz CT molecular complexity index is 564.